The average molecular weight is 376 g/mol. The second kappa shape index (κ2) is 8.56. The van der Waals surface area contributed by atoms with Gasteiger partial charge < -0.3 is 5.11 Å². The van der Waals surface area contributed by atoms with Crippen molar-refractivity contribution in [2.75, 3.05) is 19.6 Å². The molecular weight excluding hydrogens is 354 g/mol. The number of nitrogens with zero attached hydrogens (tertiary/aromatic N) is 2. The highest BCUT2D eigenvalue weighted by molar-refractivity contribution is 5.78. The number of hydrogen-bond donors (Lipinski definition) is 2. The molecule has 0 bridgehead atoms. The molecule has 0 spiro atoms. The summed E-state index contributed by atoms with van der Waals surface area (Å²) >= 11 is 0. The highest BCUT2D eigenvalue weighted by Gasteiger charge is 2.29. The molecular formula is C20H22F2N2O3. The number of hydroxylamine groups is 2. The smallest absolute Gasteiger partial charge is 0.250 e. The summed E-state index contributed by atoms with van der Waals surface area (Å²) in [6, 6.07) is 11.7. The van der Waals surface area contributed by atoms with Gasteiger partial charge in [0.1, 0.15) is 0 Å². The summed E-state index contributed by atoms with van der Waals surface area (Å²) in [6.07, 6.45) is -0.0125. The number of amides is 1. The second-order valence-electron chi connectivity index (χ2n) is 6.79. The fourth-order valence-corrected chi connectivity index (χ4v) is 3.30. The third kappa shape index (κ3) is 4.88. The number of rotatable bonds is 6. The molecule has 1 fully saturated rings. The molecule has 1 aliphatic heterocycles. The molecule has 1 saturated heterocycles. The number of aliphatic hydroxyl groups is 1. The molecule has 1 aliphatic rings. The van der Waals surface area contributed by atoms with Crippen LogP contribution in [0.1, 0.15) is 23.6 Å². The molecule has 0 saturated carbocycles. The van der Waals surface area contributed by atoms with E-state index in [2.05, 4.69) is 0 Å². The maximum Gasteiger partial charge on any atom is 0.250 e. The second-order valence-corrected chi connectivity index (χ2v) is 6.79. The molecule has 1 heterocycles. The first-order chi connectivity index (χ1) is 12.9. The van der Waals surface area contributed by atoms with E-state index in [1.54, 1.807) is 0 Å². The van der Waals surface area contributed by atoms with Crippen LogP contribution in [-0.4, -0.2) is 51.9 Å². The molecule has 0 unspecified atom stereocenters. The molecule has 0 radical (unpaired) electrons. The number of carbonyl (C=O) groups is 1. The quantitative estimate of drug-likeness (QED) is 0.601. The number of benzene rings is 2. The van der Waals surface area contributed by atoms with Gasteiger partial charge in [-0.1, -0.05) is 36.4 Å². The van der Waals surface area contributed by atoms with Gasteiger partial charge in [0, 0.05) is 19.6 Å². The molecule has 144 valence electrons. The van der Waals surface area contributed by atoms with Crippen LogP contribution in [0.3, 0.4) is 0 Å². The molecule has 5 nitrogen and oxygen atoms in total. The number of carbonyl (C=O) groups excluding carboxylic acids is 1. The highest BCUT2D eigenvalue weighted by Crippen LogP contribution is 2.24. The van der Waals surface area contributed by atoms with Gasteiger partial charge in [0.05, 0.1) is 18.6 Å². The lowest BCUT2D eigenvalue weighted by Crippen LogP contribution is -2.40. The van der Waals surface area contributed by atoms with Gasteiger partial charge in [-0.2, -0.15) is 0 Å². The third-order valence-corrected chi connectivity index (χ3v) is 4.75. The zero-order chi connectivity index (χ0) is 19.4. The van der Waals surface area contributed by atoms with Crippen LogP contribution < -0.4 is 0 Å². The van der Waals surface area contributed by atoms with Crippen LogP contribution in [0.2, 0.25) is 0 Å². The zero-order valence-corrected chi connectivity index (χ0v) is 14.8. The first-order valence-corrected chi connectivity index (χ1v) is 8.84. The number of β-amino-alcohol motifs (C(OH)–C–C–N with tert-alkyl or cyclic N) is 1. The standard InChI is InChI=1S/C20H22F2N2O3/c21-17-7-6-14(10-18(17)22)11-20(26)24(27)19(15-4-2-1-3-5-15)13-23-9-8-16(25)12-23/h1-7,10,16,19,25,27H,8-9,11-13H2/t16-,19+/m0/s1. The molecule has 2 atom stereocenters. The maximum atomic E-state index is 13.4. The Morgan fingerprint density at radius 2 is 1.93 bits per heavy atom. The predicted molar refractivity (Wildman–Crippen MR) is 94.9 cm³/mol. The first kappa shape index (κ1) is 19.4. The Balaban J connectivity index is 1.75. The maximum absolute atomic E-state index is 13.4. The van der Waals surface area contributed by atoms with Crippen molar-refractivity contribution >= 4 is 5.91 Å². The fraction of sp³-hybridized carbons (Fsp3) is 0.350. The van der Waals surface area contributed by atoms with E-state index in [0.29, 0.717) is 31.1 Å². The van der Waals surface area contributed by atoms with Crippen LogP contribution >= 0.6 is 0 Å². The number of halogens is 2. The largest absolute Gasteiger partial charge is 0.392 e. The van der Waals surface area contributed by atoms with E-state index in [1.165, 1.54) is 6.07 Å². The van der Waals surface area contributed by atoms with E-state index in [4.69, 9.17) is 0 Å². The highest BCUT2D eigenvalue weighted by atomic mass is 19.2. The molecule has 3 rings (SSSR count). The summed E-state index contributed by atoms with van der Waals surface area (Å²) in [5.41, 5.74) is 1.03. The van der Waals surface area contributed by atoms with Crippen molar-refractivity contribution in [2.45, 2.75) is 25.0 Å². The number of likely N-dealkylation sites (tertiary alicyclic amines) is 1. The molecule has 7 heteroatoms. The molecule has 2 aromatic carbocycles. The van der Waals surface area contributed by atoms with Gasteiger partial charge in [-0.15, -0.1) is 0 Å². The molecule has 2 aromatic rings. The summed E-state index contributed by atoms with van der Waals surface area (Å²) in [7, 11) is 0. The average Bonchev–Trinajstić information content (AvgIpc) is 3.08. The van der Waals surface area contributed by atoms with Crippen molar-refractivity contribution in [3.63, 3.8) is 0 Å². The topological polar surface area (TPSA) is 64.0 Å². The van der Waals surface area contributed by atoms with Gasteiger partial charge in [-0.3, -0.25) is 14.9 Å². The third-order valence-electron chi connectivity index (χ3n) is 4.75. The minimum absolute atomic E-state index is 0.250. The Morgan fingerprint density at radius 3 is 2.56 bits per heavy atom. The van der Waals surface area contributed by atoms with Crippen LogP contribution in [0, 0.1) is 11.6 Å². The van der Waals surface area contributed by atoms with Crippen LogP contribution in [0.25, 0.3) is 0 Å². The van der Waals surface area contributed by atoms with Gasteiger partial charge in [-0.05, 0) is 29.7 Å². The summed E-state index contributed by atoms with van der Waals surface area (Å²) < 4.78 is 26.4. The van der Waals surface area contributed by atoms with E-state index < -0.39 is 29.7 Å². The molecule has 0 aromatic heterocycles. The van der Waals surface area contributed by atoms with Gasteiger partial charge in [0.15, 0.2) is 11.6 Å². The zero-order valence-electron chi connectivity index (χ0n) is 14.8. The lowest BCUT2D eigenvalue weighted by molar-refractivity contribution is -0.177. The molecule has 27 heavy (non-hydrogen) atoms. The van der Waals surface area contributed by atoms with Crippen molar-refractivity contribution in [3.8, 4) is 0 Å². The number of hydrogen-bond acceptors (Lipinski definition) is 4. The summed E-state index contributed by atoms with van der Waals surface area (Å²) in [4.78, 5) is 14.5. The van der Waals surface area contributed by atoms with E-state index in [1.807, 2.05) is 35.2 Å². The summed E-state index contributed by atoms with van der Waals surface area (Å²) in [5, 5.41) is 20.9. The van der Waals surface area contributed by atoms with Crippen LogP contribution in [0.5, 0.6) is 0 Å². The van der Waals surface area contributed by atoms with Gasteiger partial charge >= 0.3 is 0 Å². The van der Waals surface area contributed by atoms with Crippen molar-refractivity contribution in [1.29, 1.82) is 0 Å². The number of aliphatic hydroxyl groups excluding tert-OH is 1. The molecule has 2 N–H and O–H groups in total. The van der Waals surface area contributed by atoms with Crippen LogP contribution in [-0.2, 0) is 11.2 Å². The monoisotopic (exact) mass is 376 g/mol. The van der Waals surface area contributed by atoms with E-state index in [9.17, 15) is 23.9 Å². The minimum Gasteiger partial charge on any atom is -0.392 e. The summed E-state index contributed by atoms with van der Waals surface area (Å²) in [5.74, 6) is -2.63. The Morgan fingerprint density at radius 1 is 1.19 bits per heavy atom. The van der Waals surface area contributed by atoms with Crippen LogP contribution in [0.4, 0.5) is 8.78 Å². The lowest BCUT2D eigenvalue weighted by Gasteiger charge is -2.30. The fourth-order valence-electron chi connectivity index (χ4n) is 3.30. The Labute approximate surface area is 156 Å². The van der Waals surface area contributed by atoms with Gasteiger partial charge in [0.2, 0.25) is 0 Å². The van der Waals surface area contributed by atoms with Gasteiger partial charge in [0.25, 0.3) is 5.91 Å². The van der Waals surface area contributed by atoms with E-state index in [0.717, 1.165) is 17.7 Å². The molecule has 0 aliphatic carbocycles. The Kier molecular flexibility index (Phi) is 6.15. The van der Waals surface area contributed by atoms with Crippen molar-refractivity contribution < 1.29 is 23.9 Å². The SMILES string of the molecule is O=C(Cc1ccc(F)c(F)c1)N(O)[C@H](CN1CC[C@H](O)C1)c1ccccc1. The van der Waals surface area contributed by atoms with Gasteiger partial charge in [-0.25, -0.2) is 13.8 Å². The van der Waals surface area contributed by atoms with Crippen molar-refractivity contribution in [2.24, 2.45) is 0 Å². The first-order valence-electron chi connectivity index (χ1n) is 8.84. The summed E-state index contributed by atoms with van der Waals surface area (Å²) in [6.45, 7) is 1.52. The van der Waals surface area contributed by atoms with Crippen molar-refractivity contribution in [1.82, 2.24) is 9.96 Å². The minimum atomic E-state index is -1.03. The normalized spacial score (nSPS) is 18.4. The van der Waals surface area contributed by atoms with E-state index >= 15 is 0 Å². The van der Waals surface area contributed by atoms with Crippen LogP contribution in [0.15, 0.2) is 48.5 Å². The Hall–Kier alpha value is -2.35. The lowest BCUT2D eigenvalue weighted by atomic mass is 10.0. The Bertz CT molecular complexity index is 788. The van der Waals surface area contributed by atoms with Crippen molar-refractivity contribution in [3.05, 3.63) is 71.3 Å². The predicted octanol–water partition coefficient (Wildman–Crippen LogP) is 2.53. The molecule has 1 amide bonds. The van der Waals surface area contributed by atoms with E-state index in [-0.39, 0.29) is 12.0 Å².